The van der Waals surface area contributed by atoms with Crippen LogP contribution in [0, 0.1) is 0 Å². The van der Waals surface area contributed by atoms with Crippen molar-refractivity contribution in [2.75, 3.05) is 38.1 Å². The van der Waals surface area contributed by atoms with Gasteiger partial charge < -0.3 is 15.1 Å². The Balaban J connectivity index is 1.36. The summed E-state index contributed by atoms with van der Waals surface area (Å²) in [6, 6.07) is 22.8. The SMILES string of the molecule is CN1CCC2(C1)CN(Cc1ccccc1)c1ccc(C(=O)NCCc3ccccn3)cc12. The largest absolute Gasteiger partial charge is 0.366 e. The Morgan fingerprint density at radius 3 is 2.66 bits per heavy atom. The summed E-state index contributed by atoms with van der Waals surface area (Å²) in [6.45, 7) is 4.62. The molecule has 1 aromatic heterocycles. The van der Waals surface area contributed by atoms with Crippen molar-refractivity contribution in [2.24, 2.45) is 0 Å². The van der Waals surface area contributed by atoms with Gasteiger partial charge in [-0.2, -0.15) is 0 Å². The second-order valence-electron chi connectivity index (χ2n) is 9.17. The second kappa shape index (κ2) is 8.75. The summed E-state index contributed by atoms with van der Waals surface area (Å²) in [5.74, 6) is -0.00765. The third kappa shape index (κ3) is 4.13. The molecule has 1 N–H and O–H groups in total. The molecular weight excluding hydrogens is 396 g/mol. The standard InChI is InChI=1S/C27H30N4O/c1-30-16-13-27(19-30)20-31(18-21-7-3-2-4-8-21)25-11-10-22(17-24(25)27)26(32)29-15-12-23-9-5-6-14-28-23/h2-11,14,17H,12-13,15-16,18-20H2,1H3,(H,29,32). The first-order chi connectivity index (χ1) is 15.6. The zero-order valence-electron chi connectivity index (χ0n) is 18.6. The van der Waals surface area contributed by atoms with E-state index in [-0.39, 0.29) is 11.3 Å². The van der Waals surface area contributed by atoms with E-state index >= 15 is 0 Å². The maximum absolute atomic E-state index is 12.9. The summed E-state index contributed by atoms with van der Waals surface area (Å²) in [5.41, 5.74) is 5.76. The summed E-state index contributed by atoms with van der Waals surface area (Å²) in [4.78, 5) is 22.2. The van der Waals surface area contributed by atoms with Crippen molar-refractivity contribution in [1.29, 1.82) is 0 Å². The van der Waals surface area contributed by atoms with Crippen molar-refractivity contribution < 1.29 is 4.79 Å². The molecule has 2 aliphatic heterocycles. The van der Waals surface area contributed by atoms with Crippen molar-refractivity contribution in [3.8, 4) is 0 Å². The van der Waals surface area contributed by atoms with Crippen LogP contribution in [0.3, 0.4) is 0 Å². The summed E-state index contributed by atoms with van der Waals surface area (Å²) >= 11 is 0. The van der Waals surface area contributed by atoms with Crippen LogP contribution in [0.2, 0.25) is 0 Å². The van der Waals surface area contributed by atoms with Gasteiger partial charge in [0.25, 0.3) is 5.91 Å². The van der Waals surface area contributed by atoms with E-state index in [0.29, 0.717) is 6.54 Å². The predicted molar refractivity (Wildman–Crippen MR) is 128 cm³/mol. The summed E-state index contributed by atoms with van der Waals surface area (Å²) in [5, 5.41) is 3.07. The van der Waals surface area contributed by atoms with Gasteiger partial charge >= 0.3 is 0 Å². The molecule has 0 bridgehead atoms. The van der Waals surface area contributed by atoms with Gasteiger partial charge in [-0.15, -0.1) is 0 Å². The lowest BCUT2D eigenvalue weighted by molar-refractivity contribution is 0.0954. The number of anilines is 1. The van der Waals surface area contributed by atoms with Crippen LogP contribution in [0.5, 0.6) is 0 Å². The van der Waals surface area contributed by atoms with E-state index in [4.69, 9.17) is 0 Å². The number of nitrogens with zero attached hydrogens (tertiary/aromatic N) is 3. The molecule has 1 fully saturated rings. The molecule has 5 rings (SSSR count). The number of likely N-dealkylation sites (N-methyl/N-ethyl adjacent to an activating group) is 1. The van der Waals surface area contributed by atoms with Gasteiger partial charge in [-0.25, -0.2) is 0 Å². The molecule has 1 spiro atoms. The Morgan fingerprint density at radius 1 is 1.06 bits per heavy atom. The number of aromatic nitrogens is 1. The predicted octanol–water partition coefficient (Wildman–Crippen LogP) is 3.65. The Morgan fingerprint density at radius 2 is 1.91 bits per heavy atom. The molecule has 5 heteroatoms. The maximum Gasteiger partial charge on any atom is 0.251 e. The molecule has 3 heterocycles. The van der Waals surface area contributed by atoms with Gasteiger partial charge in [0, 0.05) is 61.2 Å². The third-order valence-electron chi connectivity index (χ3n) is 6.82. The van der Waals surface area contributed by atoms with Crippen LogP contribution in [0.4, 0.5) is 5.69 Å². The summed E-state index contributed by atoms with van der Waals surface area (Å²) < 4.78 is 0. The zero-order valence-corrected chi connectivity index (χ0v) is 18.6. The minimum atomic E-state index is -0.00765. The summed E-state index contributed by atoms with van der Waals surface area (Å²) in [6.07, 6.45) is 3.65. The van der Waals surface area contributed by atoms with Gasteiger partial charge in [0.1, 0.15) is 0 Å². The van der Waals surface area contributed by atoms with E-state index in [1.54, 1.807) is 6.20 Å². The first kappa shape index (κ1) is 20.7. The van der Waals surface area contributed by atoms with Crippen molar-refractivity contribution >= 4 is 11.6 Å². The average molecular weight is 427 g/mol. The quantitative estimate of drug-likeness (QED) is 0.654. The van der Waals surface area contributed by atoms with Crippen LogP contribution in [0.15, 0.2) is 72.9 Å². The second-order valence-corrected chi connectivity index (χ2v) is 9.17. The normalized spacial score (nSPS) is 20.0. The lowest BCUT2D eigenvalue weighted by Crippen LogP contribution is -2.35. The highest BCUT2D eigenvalue weighted by atomic mass is 16.1. The summed E-state index contributed by atoms with van der Waals surface area (Å²) in [7, 11) is 2.20. The minimum absolute atomic E-state index is 0.00765. The number of nitrogens with one attached hydrogen (secondary N) is 1. The fourth-order valence-electron chi connectivity index (χ4n) is 5.24. The van der Waals surface area contributed by atoms with Crippen LogP contribution in [0.1, 0.15) is 33.6 Å². The molecule has 0 aliphatic carbocycles. The van der Waals surface area contributed by atoms with Crippen LogP contribution in [-0.2, 0) is 18.4 Å². The van der Waals surface area contributed by atoms with Crippen LogP contribution in [0.25, 0.3) is 0 Å². The molecule has 164 valence electrons. The van der Waals surface area contributed by atoms with E-state index in [1.165, 1.54) is 16.8 Å². The zero-order chi connectivity index (χ0) is 22.0. The molecule has 3 aromatic rings. The smallest absolute Gasteiger partial charge is 0.251 e. The van der Waals surface area contributed by atoms with E-state index in [1.807, 2.05) is 24.3 Å². The fourth-order valence-corrected chi connectivity index (χ4v) is 5.24. The molecule has 2 aliphatic rings. The van der Waals surface area contributed by atoms with E-state index in [0.717, 1.165) is 50.3 Å². The van der Waals surface area contributed by atoms with Gasteiger partial charge in [-0.3, -0.25) is 9.78 Å². The van der Waals surface area contributed by atoms with Gasteiger partial charge in [0.2, 0.25) is 0 Å². The van der Waals surface area contributed by atoms with Gasteiger partial charge in [0.15, 0.2) is 0 Å². The van der Waals surface area contributed by atoms with Gasteiger partial charge in [-0.05, 0) is 61.5 Å². The Bertz CT molecular complexity index is 1090. The lowest BCUT2D eigenvalue weighted by atomic mass is 9.81. The van der Waals surface area contributed by atoms with E-state index in [2.05, 4.69) is 69.6 Å². The molecule has 0 saturated carbocycles. The van der Waals surface area contributed by atoms with Crippen molar-refractivity contribution in [2.45, 2.75) is 24.8 Å². The van der Waals surface area contributed by atoms with Crippen LogP contribution >= 0.6 is 0 Å². The highest BCUT2D eigenvalue weighted by Crippen LogP contribution is 2.47. The Labute approximate surface area is 190 Å². The Kier molecular flexibility index (Phi) is 5.66. The molecule has 32 heavy (non-hydrogen) atoms. The number of hydrogen-bond acceptors (Lipinski definition) is 4. The molecule has 2 aromatic carbocycles. The molecule has 1 saturated heterocycles. The average Bonchev–Trinajstić information content (AvgIpc) is 3.34. The number of hydrogen-bond donors (Lipinski definition) is 1. The number of rotatable bonds is 6. The molecular formula is C27H30N4O. The van der Waals surface area contributed by atoms with E-state index < -0.39 is 0 Å². The highest BCUT2D eigenvalue weighted by Gasteiger charge is 2.46. The van der Waals surface area contributed by atoms with Crippen LogP contribution in [-0.4, -0.2) is 49.0 Å². The molecule has 1 atom stereocenters. The van der Waals surface area contributed by atoms with Crippen molar-refractivity contribution in [3.63, 3.8) is 0 Å². The topological polar surface area (TPSA) is 48.5 Å². The minimum Gasteiger partial charge on any atom is -0.366 e. The van der Waals surface area contributed by atoms with Gasteiger partial charge in [-0.1, -0.05) is 36.4 Å². The monoisotopic (exact) mass is 426 g/mol. The molecule has 1 unspecified atom stereocenters. The number of likely N-dealkylation sites (tertiary alicyclic amines) is 1. The number of carbonyl (C=O) groups is 1. The van der Waals surface area contributed by atoms with Crippen molar-refractivity contribution in [1.82, 2.24) is 15.2 Å². The number of pyridine rings is 1. The van der Waals surface area contributed by atoms with Gasteiger partial charge in [0.05, 0.1) is 0 Å². The van der Waals surface area contributed by atoms with E-state index in [9.17, 15) is 4.79 Å². The third-order valence-corrected chi connectivity index (χ3v) is 6.82. The van der Waals surface area contributed by atoms with Crippen molar-refractivity contribution in [3.05, 3.63) is 95.3 Å². The van der Waals surface area contributed by atoms with Crippen LogP contribution < -0.4 is 10.2 Å². The highest BCUT2D eigenvalue weighted by molar-refractivity contribution is 5.95. The lowest BCUT2D eigenvalue weighted by Gasteiger charge is -2.26. The molecule has 5 nitrogen and oxygen atoms in total. The maximum atomic E-state index is 12.9. The Hall–Kier alpha value is -3.18. The molecule has 0 radical (unpaired) electrons. The fraction of sp³-hybridized carbons (Fsp3) is 0.333. The number of carbonyl (C=O) groups excluding carboxylic acids is 1. The number of fused-ring (bicyclic) bond motifs is 2. The first-order valence-corrected chi connectivity index (χ1v) is 11.4. The molecule has 1 amide bonds. The number of benzene rings is 2. The first-order valence-electron chi connectivity index (χ1n) is 11.4. The number of amides is 1.